The van der Waals surface area contributed by atoms with Crippen molar-refractivity contribution in [1.29, 1.82) is 0 Å². The summed E-state index contributed by atoms with van der Waals surface area (Å²) in [5.74, 6) is -15.4. The Morgan fingerprint density at radius 2 is 1.49 bits per heavy atom. The van der Waals surface area contributed by atoms with Crippen molar-refractivity contribution in [2.75, 3.05) is 18.9 Å². The van der Waals surface area contributed by atoms with Crippen LogP contribution in [0.15, 0.2) is 66.7 Å². The molecule has 1 aromatic heterocycles. The number of benzene rings is 3. The topological polar surface area (TPSA) is 196 Å². The molecule has 1 atom stereocenters. The number of carbonyl (C=O) groups is 5. The molecule has 63 heavy (non-hydrogen) atoms. The summed E-state index contributed by atoms with van der Waals surface area (Å²) in [5.41, 5.74) is 3.78. The van der Waals surface area contributed by atoms with Crippen LogP contribution in [0.2, 0.25) is 0 Å². The van der Waals surface area contributed by atoms with Gasteiger partial charge in [-0.2, -0.15) is 22.7 Å². The van der Waals surface area contributed by atoms with E-state index in [1.807, 2.05) is 57.2 Å². The van der Waals surface area contributed by atoms with E-state index in [1.54, 1.807) is 31.9 Å². The maximum Gasteiger partial charge on any atom is 0.407 e. The summed E-state index contributed by atoms with van der Waals surface area (Å²) < 4.78 is 62.9. The molecule has 1 heterocycles. The Balaban J connectivity index is 1.29. The largest absolute Gasteiger partial charge is 0.444 e. The first-order valence-corrected chi connectivity index (χ1v) is 20.7. The molecule has 0 unspecified atom stereocenters. The van der Waals surface area contributed by atoms with Gasteiger partial charge in [0.2, 0.25) is 17.6 Å². The maximum absolute atomic E-state index is 14.6. The third kappa shape index (κ3) is 12.2. The third-order valence-electron chi connectivity index (χ3n) is 10.5. The van der Waals surface area contributed by atoms with Gasteiger partial charge >= 0.3 is 17.9 Å². The van der Waals surface area contributed by atoms with Gasteiger partial charge in [0, 0.05) is 48.8 Å². The second-order valence-corrected chi connectivity index (χ2v) is 17.0. The molecule has 1 aliphatic carbocycles. The number of hydrogen-bond acceptors (Lipinski definition) is 8. The normalized spacial score (nSPS) is 16.1. The smallest absolute Gasteiger partial charge is 0.407 e. The molecule has 6 N–H and O–H groups in total. The van der Waals surface area contributed by atoms with Gasteiger partial charge in [0.15, 0.2) is 5.82 Å². The Labute approximate surface area is 363 Å². The molecule has 338 valence electrons. The van der Waals surface area contributed by atoms with E-state index in [-0.39, 0.29) is 53.2 Å². The number of aromatic nitrogens is 3. The van der Waals surface area contributed by atoms with Gasteiger partial charge < -0.3 is 31.3 Å². The molecule has 18 heteroatoms. The molecule has 3 aromatic carbocycles. The van der Waals surface area contributed by atoms with Gasteiger partial charge in [-0.05, 0) is 132 Å². The molecular weight excluding hydrogens is 825 g/mol. The van der Waals surface area contributed by atoms with E-state index in [0.29, 0.717) is 37.8 Å². The highest BCUT2D eigenvalue weighted by molar-refractivity contribution is 5.98. The molecule has 1 saturated carbocycles. The fourth-order valence-corrected chi connectivity index (χ4v) is 7.11. The van der Waals surface area contributed by atoms with Crippen molar-refractivity contribution in [2.45, 2.75) is 103 Å². The predicted octanol–water partition coefficient (Wildman–Crippen LogP) is 7.06. The van der Waals surface area contributed by atoms with E-state index in [0.717, 1.165) is 29.3 Å². The summed E-state index contributed by atoms with van der Waals surface area (Å²) in [6.07, 6.45) is 2.08. The Kier molecular flexibility index (Phi) is 15.0. The zero-order chi connectivity index (χ0) is 46.3. The second kappa shape index (κ2) is 19.8. The lowest BCUT2D eigenvalue weighted by molar-refractivity contribution is -0.218. The van der Waals surface area contributed by atoms with Crippen molar-refractivity contribution >= 4 is 35.4 Å². The van der Waals surface area contributed by atoms with E-state index < -0.39 is 47.2 Å². The van der Waals surface area contributed by atoms with Crippen LogP contribution < -0.4 is 26.6 Å². The van der Waals surface area contributed by atoms with Gasteiger partial charge in [-0.3, -0.25) is 24.3 Å². The molecule has 0 saturated heterocycles. The summed E-state index contributed by atoms with van der Waals surface area (Å²) in [7, 11) is 0.800. The Morgan fingerprint density at radius 3 is 2.08 bits per heavy atom. The van der Waals surface area contributed by atoms with Gasteiger partial charge in [0.05, 0.1) is 0 Å². The van der Waals surface area contributed by atoms with E-state index in [9.17, 15) is 41.5 Å². The van der Waals surface area contributed by atoms with Crippen molar-refractivity contribution in [2.24, 2.45) is 11.8 Å². The molecule has 0 radical (unpaired) electrons. The minimum atomic E-state index is -5.11. The number of rotatable bonds is 15. The number of halogens is 4. The van der Waals surface area contributed by atoms with Crippen molar-refractivity contribution in [3.63, 3.8) is 0 Å². The van der Waals surface area contributed by atoms with Crippen LogP contribution in [-0.4, -0.2) is 82.1 Å². The van der Waals surface area contributed by atoms with Crippen LogP contribution in [0, 0.1) is 18.8 Å². The number of nitrogens with zero attached hydrogens (tertiary/aromatic N) is 2. The van der Waals surface area contributed by atoms with Gasteiger partial charge in [0.1, 0.15) is 11.6 Å². The van der Waals surface area contributed by atoms with Gasteiger partial charge in [0.25, 0.3) is 11.8 Å². The van der Waals surface area contributed by atoms with E-state index in [2.05, 4.69) is 31.3 Å². The van der Waals surface area contributed by atoms with E-state index in [4.69, 9.17) is 4.74 Å². The number of carbonyl (C=O) groups excluding carboxylic acids is 5. The summed E-state index contributed by atoms with van der Waals surface area (Å²) in [5, 5.41) is 18.3. The van der Waals surface area contributed by atoms with Gasteiger partial charge in [-0.15, -0.1) is 0 Å². The monoisotopic (exact) mass is 878 g/mol. The number of ether oxygens (including phenoxy) is 1. The Bertz CT molecular complexity index is 2270. The number of alkyl halides is 4. The van der Waals surface area contributed by atoms with Crippen molar-refractivity contribution in [1.82, 2.24) is 36.4 Å². The van der Waals surface area contributed by atoms with Crippen LogP contribution in [-0.2, 0) is 31.5 Å². The Hall–Kier alpha value is -6.33. The zero-order valence-corrected chi connectivity index (χ0v) is 36.3. The number of anilines is 1. The van der Waals surface area contributed by atoms with Crippen LogP contribution in [0.5, 0.6) is 0 Å². The third-order valence-corrected chi connectivity index (χ3v) is 10.5. The highest BCUT2D eigenvalue weighted by Gasteiger charge is 2.65. The average molecular weight is 879 g/mol. The van der Waals surface area contributed by atoms with E-state index in [1.165, 1.54) is 29.6 Å². The summed E-state index contributed by atoms with van der Waals surface area (Å²) in [4.78, 5) is 67.4. The minimum absolute atomic E-state index is 0.00776. The maximum atomic E-state index is 14.6. The van der Waals surface area contributed by atoms with Crippen molar-refractivity contribution in [3.8, 4) is 22.5 Å². The van der Waals surface area contributed by atoms with Crippen LogP contribution in [0.4, 0.5) is 28.0 Å². The predicted molar refractivity (Wildman–Crippen MR) is 228 cm³/mol. The molecule has 0 spiro atoms. The molecule has 0 bridgehead atoms. The zero-order valence-electron chi connectivity index (χ0n) is 36.3. The molecule has 5 rings (SSSR count). The first-order valence-electron chi connectivity index (χ1n) is 20.7. The molecule has 0 aliphatic heterocycles. The number of aryl methyl sites for hydroxylation is 1. The summed E-state index contributed by atoms with van der Waals surface area (Å²) >= 11 is 0. The van der Waals surface area contributed by atoms with Gasteiger partial charge in [-0.25, -0.2) is 9.78 Å². The fraction of sp³-hybridized carbons (Fsp3) is 0.444. The van der Waals surface area contributed by atoms with Crippen LogP contribution in [0.3, 0.4) is 0 Å². The lowest BCUT2D eigenvalue weighted by atomic mass is 9.81. The number of H-pyrrole nitrogens is 1. The number of aromatic amines is 1. The van der Waals surface area contributed by atoms with Crippen LogP contribution in [0.25, 0.3) is 22.5 Å². The molecule has 14 nitrogen and oxygen atoms in total. The van der Waals surface area contributed by atoms with E-state index >= 15 is 0 Å². The lowest BCUT2D eigenvalue weighted by Gasteiger charge is -2.29. The number of alkyl carbamates (subject to hydrolysis) is 1. The Morgan fingerprint density at radius 1 is 0.857 bits per heavy atom. The fourth-order valence-electron chi connectivity index (χ4n) is 7.11. The van der Waals surface area contributed by atoms with Gasteiger partial charge in [-0.1, -0.05) is 30.3 Å². The standard InChI is InChI=1S/C45H54F4N8O6/c1-25(2)52-38(59)32-18-21-34(26(3)22-32)29-12-8-27(9-13-29)23-35(54-37(58)31-14-10-28(11-15-31)24-51-42(62)63-43(4,5)6)39(60)53-33-19-16-30(17-20-33)36-55-40(57-56-36)44(46,47)45(48,49)41(61)50-7/h8-9,12-13,16-22,25,28,31,35H,10-11,14-15,23-24H2,1-7H3,(H,50,61)(H,51,62)(H,52,59)(H,53,60)(H,54,58)(H,55,56,57)/t28?,31?,35-/m0/s1. The van der Waals surface area contributed by atoms with Crippen molar-refractivity contribution < 1.29 is 46.3 Å². The average Bonchev–Trinajstić information content (AvgIpc) is 3.74. The number of nitrogens with one attached hydrogen (secondary N) is 6. The summed E-state index contributed by atoms with van der Waals surface area (Å²) in [6.45, 7) is 11.5. The minimum Gasteiger partial charge on any atom is -0.444 e. The molecule has 4 aromatic rings. The number of hydrogen-bond donors (Lipinski definition) is 6. The van der Waals surface area contributed by atoms with Crippen molar-refractivity contribution in [3.05, 3.63) is 89.2 Å². The quantitative estimate of drug-likeness (QED) is 0.0683. The van der Waals surface area contributed by atoms with Crippen LogP contribution in [0.1, 0.15) is 87.6 Å². The molecule has 1 aliphatic rings. The molecular formula is C45H54F4N8O6. The highest BCUT2D eigenvalue weighted by atomic mass is 19.3. The van der Waals surface area contributed by atoms with Crippen LogP contribution >= 0.6 is 0 Å². The highest BCUT2D eigenvalue weighted by Crippen LogP contribution is 2.42. The SMILES string of the molecule is CNC(=O)C(F)(F)C(F)(F)c1nc(-c2ccc(NC(=O)[C@H](Cc3ccc(-c4ccc(C(=O)NC(C)C)cc4C)cc3)NC(=O)C3CCC(CNC(=O)OC(C)(C)C)CC3)cc2)n[nH]1. The number of amides is 5. The lowest BCUT2D eigenvalue weighted by Crippen LogP contribution is -2.50. The summed E-state index contributed by atoms with van der Waals surface area (Å²) in [6, 6.07) is 17.6. The molecule has 1 fully saturated rings. The second-order valence-electron chi connectivity index (χ2n) is 17.0. The first kappa shape index (κ1) is 47.7. The molecule has 5 amide bonds. The first-order chi connectivity index (χ1) is 29.6.